The van der Waals surface area contributed by atoms with Gasteiger partial charge in [-0.2, -0.15) is 0 Å². The van der Waals surface area contributed by atoms with Gasteiger partial charge in [-0.3, -0.25) is 0 Å². The van der Waals surface area contributed by atoms with Crippen LogP contribution in [-0.4, -0.2) is 4.98 Å². The minimum atomic E-state index is 0.689. The van der Waals surface area contributed by atoms with Crippen LogP contribution >= 0.6 is 0 Å². The fraction of sp³-hybridized carbons (Fsp3) is 0.154. The van der Waals surface area contributed by atoms with E-state index in [1.165, 1.54) is 0 Å². The lowest BCUT2D eigenvalue weighted by Gasteiger charge is -1.89. The maximum Gasteiger partial charge on any atom is 0.222 e. The van der Waals surface area contributed by atoms with Crippen LogP contribution < -0.4 is 0 Å². The van der Waals surface area contributed by atoms with Gasteiger partial charge in [0.2, 0.25) is 5.89 Å². The van der Waals surface area contributed by atoms with Crippen LogP contribution in [0.3, 0.4) is 0 Å². The summed E-state index contributed by atoms with van der Waals surface area (Å²) < 4.78 is 5.61. The van der Waals surface area contributed by atoms with Crippen molar-refractivity contribution < 1.29 is 4.42 Å². The fourth-order valence-corrected chi connectivity index (χ4v) is 1.35. The zero-order valence-corrected chi connectivity index (χ0v) is 8.90. The average Bonchev–Trinajstić information content (AvgIpc) is 2.69. The number of para-hydroxylation sites is 2. The van der Waals surface area contributed by atoms with Crippen LogP contribution in [0, 0.1) is 0 Å². The SMILES string of the molecule is C/C=C\C=C(/C)c1nc2ccccc2o1. The first-order valence-electron chi connectivity index (χ1n) is 4.97. The van der Waals surface area contributed by atoms with Crippen LogP contribution in [0.1, 0.15) is 19.7 Å². The smallest absolute Gasteiger partial charge is 0.222 e. The van der Waals surface area contributed by atoms with E-state index >= 15 is 0 Å². The quantitative estimate of drug-likeness (QED) is 0.687. The van der Waals surface area contributed by atoms with E-state index in [2.05, 4.69) is 4.98 Å². The van der Waals surface area contributed by atoms with Crippen molar-refractivity contribution in [2.45, 2.75) is 13.8 Å². The summed E-state index contributed by atoms with van der Waals surface area (Å²) >= 11 is 0. The lowest BCUT2D eigenvalue weighted by Crippen LogP contribution is -1.76. The van der Waals surface area contributed by atoms with E-state index < -0.39 is 0 Å². The number of fused-ring (bicyclic) bond motifs is 1. The van der Waals surface area contributed by atoms with Crippen molar-refractivity contribution >= 4 is 16.7 Å². The monoisotopic (exact) mass is 199 g/mol. The molecule has 2 rings (SSSR count). The van der Waals surface area contributed by atoms with Crippen molar-refractivity contribution in [3.63, 3.8) is 0 Å². The van der Waals surface area contributed by atoms with Crippen LogP contribution in [-0.2, 0) is 0 Å². The Kier molecular flexibility index (Phi) is 2.68. The van der Waals surface area contributed by atoms with Crippen LogP contribution in [0.15, 0.2) is 46.9 Å². The largest absolute Gasteiger partial charge is 0.436 e. The Morgan fingerprint density at radius 1 is 1.33 bits per heavy atom. The molecular weight excluding hydrogens is 186 g/mol. The van der Waals surface area contributed by atoms with Gasteiger partial charge < -0.3 is 4.42 Å². The molecule has 0 spiro atoms. The van der Waals surface area contributed by atoms with Gasteiger partial charge in [0.1, 0.15) is 5.52 Å². The third kappa shape index (κ3) is 1.99. The number of aromatic nitrogens is 1. The van der Waals surface area contributed by atoms with Gasteiger partial charge in [-0.1, -0.05) is 30.4 Å². The summed E-state index contributed by atoms with van der Waals surface area (Å²) in [5.41, 5.74) is 2.77. The van der Waals surface area contributed by atoms with E-state index in [-0.39, 0.29) is 0 Å². The molecule has 0 fully saturated rings. The maximum absolute atomic E-state index is 5.61. The fourth-order valence-electron chi connectivity index (χ4n) is 1.35. The van der Waals surface area contributed by atoms with Gasteiger partial charge in [-0.25, -0.2) is 4.98 Å². The van der Waals surface area contributed by atoms with Gasteiger partial charge in [-0.05, 0) is 26.0 Å². The number of oxazole rings is 1. The van der Waals surface area contributed by atoms with E-state index in [9.17, 15) is 0 Å². The minimum absolute atomic E-state index is 0.689. The number of hydrogen-bond acceptors (Lipinski definition) is 2. The molecule has 76 valence electrons. The van der Waals surface area contributed by atoms with Crippen molar-refractivity contribution in [3.05, 3.63) is 48.4 Å². The molecule has 1 aromatic heterocycles. The van der Waals surface area contributed by atoms with Gasteiger partial charge in [0, 0.05) is 5.57 Å². The molecule has 2 nitrogen and oxygen atoms in total. The Balaban J connectivity index is 2.44. The van der Waals surface area contributed by atoms with Crippen molar-refractivity contribution in [2.75, 3.05) is 0 Å². The molecule has 1 heterocycles. The first-order valence-corrected chi connectivity index (χ1v) is 4.97. The molecule has 0 aliphatic carbocycles. The van der Waals surface area contributed by atoms with Gasteiger partial charge in [0.05, 0.1) is 0 Å². The highest BCUT2D eigenvalue weighted by Crippen LogP contribution is 2.20. The highest BCUT2D eigenvalue weighted by molar-refractivity contribution is 5.75. The Morgan fingerprint density at radius 3 is 2.87 bits per heavy atom. The first kappa shape index (κ1) is 9.71. The zero-order chi connectivity index (χ0) is 10.7. The summed E-state index contributed by atoms with van der Waals surface area (Å²) in [4.78, 5) is 4.40. The summed E-state index contributed by atoms with van der Waals surface area (Å²) in [6.07, 6.45) is 5.95. The average molecular weight is 199 g/mol. The van der Waals surface area contributed by atoms with Crippen molar-refractivity contribution in [1.82, 2.24) is 4.98 Å². The summed E-state index contributed by atoms with van der Waals surface area (Å²) in [5, 5.41) is 0. The van der Waals surface area contributed by atoms with E-state index in [4.69, 9.17) is 4.42 Å². The second-order valence-corrected chi connectivity index (χ2v) is 3.36. The van der Waals surface area contributed by atoms with Gasteiger partial charge in [0.15, 0.2) is 5.58 Å². The van der Waals surface area contributed by atoms with E-state index in [1.54, 1.807) is 0 Å². The van der Waals surface area contributed by atoms with Crippen LogP contribution in [0.2, 0.25) is 0 Å². The lowest BCUT2D eigenvalue weighted by molar-refractivity contribution is 0.584. The predicted molar refractivity (Wildman–Crippen MR) is 62.5 cm³/mol. The highest BCUT2D eigenvalue weighted by Gasteiger charge is 2.05. The molecule has 1 aromatic carbocycles. The van der Waals surface area contributed by atoms with Crippen molar-refractivity contribution in [3.8, 4) is 0 Å². The second-order valence-electron chi connectivity index (χ2n) is 3.36. The van der Waals surface area contributed by atoms with Crippen LogP contribution in [0.5, 0.6) is 0 Å². The summed E-state index contributed by atoms with van der Waals surface area (Å²) in [6.45, 7) is 3.97. The standard InChI is InChI=1S/C13H13NO/c1-3-4-7-10(2)13-14-11-8-5-6-9-12(11)15-13/h3-9H,1-2H3/b4-3-,10-7+. The Bertz CT molecular complexity index is 487. The Morgan fingerprint density at radius 2 is 2.13 bits per heavy atom. The molecule has 0 aliphatic heterocycles. The van der Waals surface area contributed by atoms with Gasteiger partial charge >= 0.3 is 0 Å². The molecule has 0 amide bonds. The van der Waals surface area contributed by atoms with Crippen LogP contribution in [0.4, 0.5) is 0 Å². The van der Waals surface area contributed by atoms with E-state index in [1.807, 2.05) is 56.3 Å². The predicted octanol–water partition coefficient (Wildman–Crippen LogP) is 3.81. The lowest BCUT2D eigenvalue weighted by atomic mass is 10.3. The number of allylic oxidation sites excluding steroid dienone is 4. The molecule has 0 saturated carbocycles. The van der Waals surface area contributed by atoms with E-state index in [0.29, 0.717) is 5.89 Å². The molecule has 0 radical (unpaired) electrons. The van der Waals surface area contributed by atoms with Gasteiger partial charge in [-0.15, -0.1) is 0 Å². The summed E-state index contributed by atoms with van der Waals surface area (Å²) in [5.74, 6) is 0.689. The molecule has 2 aromatic rings. The molecule has 0 saturated heterocycles. The molecule has 15 heavy (non-hydrogen) atoms. The molecule has 0 aliphatic rings. The van der Waals surface area contributed by atoms with Crippen molar-refractivity contribution in [1.29, 1.82) is 0 Å². The number of rotatable bonds is 2. The zero-order valence-electron chi connectivity index (χ0n) is 8.90. The molecular formula is C13H13NO. The Hall–Kier alpha value is -1.83. The van der Waals surface area contributed by atoms with E-state index in [0.717, 1.165) is 16.7 Å². The van der Waals surface area contributed by atoms with Gasteiger partial charge in [0.25, 0.3) is 0 Å². The number of nitrogens with zero attached hydrogens (tertiary/aromatic N) is 1. The molecule has 0 N–H and O–H groups in total. The molecule has 0 unspecified atom stereocenters. The first-order chi connectivity index (χ1) is 7.31. The normalized spacial score (nSPS) is 12.8. The third-order valence-corrected chi connectivity index (χ3v) is 2.17. The van der Waals surface area contributed by atoms with Crippen molar-refractivity contribution in [2.24, 2.45) is 0 Å². The summed E-state index contributed by atoms with van der Waals surface area (Å²) in [6, 6.07) is 7.78. The minimum Gasteiger partial charge on any atom is -0.436 e. The number of hydrogen-bond donors (Lipinski definition) is 0. The highest BCUT2D eigenvalue weighted by atomic mass is 16.3. The second kappa shape index (κ2) is 4.13. The third-order valence-electron chi connectivity index (χ3n) is 2.17. The maximum atomic E-state index is 5.61. The molecule has 0 atom stereocenters. The molecule has 0 bridgehead atoms. The molecule has 2 heteroatoms. The Labute approximate surface area is 88.9 Å². The number of benzene rings is 1. The topological polar surface area (TPSA) is 26.0 Å². The van der Waals surface area contributed by atoms with Crippen LogP contribution in [0.25, 0.3) is 16.7 Å². The summed E-state index contributed by atoms with van der Waals surface area (Å²) in [7, 11) is 0.